The summed E-state index contributed by atoms with van der Waals surface area (Å²) in [6, 6.07) is 0. The highest BCUT2D eigenvalue weighted by Gasteiger charge is 2.08. The van der Waals surface area contributed by atoms with Crippen LogP contribution in [0.4, 0.5) is 0 Å². The smallest absolute Gasteiger partial charge is 0.178 e. The van der Waals surface area contributed by atoms with Gasteiger partial charge >= 0.3 is 0 Å². The standard InChI is InChI=1S/C41H83NO2P/c1-5-6-7-8-9-10-11-12-13-14-15-16-17-18-19-20-21-22-23-24-25-26-27-28-29-30-31-32-33-34-35-36-37-38-41(43)45-44-40-39-42(2,3)4/h30-31,45H,5-29,32-40H2,1-4H3/q+1. The molecular weight excluding hydrogens is 569 g/mol. The number of nitrogens with zero attached hydrogens (tertiary/aromatic N) is 1. The molecule has 0 saturated heterocycles. The van der Waals surface area contributed by atoms with Gasteiger partial charge < -0.3 is 9.01 Å². The summed E-state index contributed by atoms with van der Waals surface area (Å²) in [6.45, 7) is 3.94. The lowest BCUT2D eigenvalue weighted by Crippen LogP contribution is -2.37. The minimum Gasteiger partial charge on any atom is -0.349 e. The number of quaternary nitrogens is 1. The molecule has 0 saturated carbocycles. The average Bonchev–Trinajstić information content (AvgIpc) is 3.01. The van der Waals surface area contributed by atoms with E-state index in [1.807, 2.05) is 0 Å². The van der Waals surface area contributed by atoms with Gasteiger partial charge in [-0.15, -0.1) is 0 Å². The largest absolute Gasteiger partial charge is 0.349 e. The van der Waals surface area contributed by atoms with Crippen LogP contribution in [0.5, 0.6) is 0 Å². The van der Waals surface area contributed by atoms with Crippen molar-refractivity contribution in [3.05, 3.63) is 12.2 Å². The van der Waals surface area contributed by atoms with Crippen molar-refractivity contribution < 1.29 is 13.8 Å². The van der Waals surface area contributed by atoms with Crippen molar-refractivity contribution in [2.45, 2.75) is 212 Å². The lowest BCUT2D eigenvalue weighted by molar-refractivity contribution is -0.870. The zero-order valence-corrected chi connectivity index (χ0v) is 32.5. The predicted octanol–water partition coefficient (Wildman–Crippen LogP) is 13.9. The third kappa shape index (κ3) is 41.7. The Morgan fingerprint density at radius 2 is 0.800 bits per heavy atom. The minimum atomic E-state index is 0.0431. The Kier molecular flexibility index (Phi) is 36.4. The topological polar surface area (TPSA) is 26.3 Å². The molecule has 3 nitrogen and oxygen atoms in total. The molecule has 0 rings (SSSR count). The van der Waals surface area contributed by atoms with Crippen LogP contribution in [0.15, 0.2) is 12.2 Å². The van der Waals surface area contributed by atoms with Crippen LogP contribution in [0.3, 0.4) is 0 Å². The quantitative estimate of drug-likeness (QED) is 0.0287. The van der Waals surface area contributed by atoms with Gasteiger partial charge in [0.15, 0.2) is 5.52 Å². The fourth-order valence-electron chi connectivity index (χ4n) is 6.04. The van der Waals surface area contributed by atoms with Crippen LogP contribution in [0.2, 0.25) is 0 Å². The molecule has 0 amide bonds. The van der Waals surface area contributed by atoms with Crippen molar-refractivity contribution in [3.8, 4) is 0 Å². The van der Waals surface area contributed by atoms with E-state index < -0.39 is 0 Å². The molecule has 0 aliphatic heterocycles. The van der Waals surface area contributed by atoms with Crippen molar-refractivity contribution in [3.63, 3.8) is 0 Å². The Morgan fingerprint density at radius 1 is 0.489 bits per heavy atom. The third-order valence-electron chi connectivity index (χ3n) is 9.22. The van der Waals surface area contributed by atoms with Crippen LogP contribution in [0, 0.1) is 0 Å². The molecule has 1 unspecified atom stereocenters. The van der Waals surface area contributed by atoms with E-state index in [1.54, 1.807) is 0 Å². The highest BCUT2D eigenvalue weighted by atomic mass is 31.1. The Hall–Kier alpha value is -0.240. The molecule has 0 aromatic rings. The maximum Gasteiger partial charge on any atom is 0.178 e. The summed E-state index contributed by atoms with van der Waals surface area (Å²) in [4.78, 5) is 11.9. The zero-order chi connectivity index (χ0) is 32.9. The summed E-state index contributed by atoms with van der Waals surface area (Å²) in [5.41, 5.74) is 0.292. The Labute approximate surface area is 286 Å². The van der Waals surface area contributed by atoms with E-state index in [0.717, 1.165) is 17.4 Å². The van der Waals surface area contributed by atoms with Crippen LogP contribution in [0.25, 0.3) is 0 Å². The molecule has 0 heterocycles. The summed E-state index contributed by atoms with van der Waals surface area (Å²) in [7, 11) is 6.49. The van der Waals surface area contributed by atoms with Gasteiger partial charge in [0.1, 0.15) is 13.2 Å². The van der Waals surface area contributed by atoms with Gasteiger partial charge in [0, 0.05) is 6.42 Å². The summed E-state index contributed by atoms with van der Waals surface area (Å²) < 4.78 is 6.43. The first kappa shape index (κ1) is 44.8. The second-order valence-corrected chi connectivity index (χ2v) is 16.1. The van der Waals surface area contributed by atoms with Gasteiger partial charge in [-0.2, -0.15) is 0 Å². The van der Waals surface area contributed by atoms with Crippen molar-refractivity contribution >= 4 is 14.3 Å². The Balaban J connectivity index is 3.16. The number of hydrogen-bond acceptors (Lipinski definition) is 2. The van der Waals surface area contributed by atoms with Crippen molar-refractivity contribution in [1.82, 2.24) is 0 Å². The molecule has 0 aromatic heterocycles. The number of carbonyl (C=O) groups is 1. The number of rotatable bonds is 38. The van der Waals surface area contributed by atoms with Gasteiger partial charge in [0.2, 0.25) is 0 Å². The summed E-state index contributed by atoms with van der Waals surface area (Å²) in [6.07, 6.45) is 49.0. The molecule has 0 bridgehead atoms. The molecule has 1 atom stereocenters. The summed E-state index contributed by atoms with van der Waals surface area (Å²) in [5, 5.41) is 0. The van der Waals surface area contributed by atoms with Crippen molar-refractivity contribution in [2.24, 2.45) is 0 Å². The maximum absolute atomic E-state index is 11.9. The second kappa shape index (κ2) is 36.6. The third-order valence-corrected chi connectivity index (χ3v) is 10.0. The molecule has 0 N–H and O–H groups in total. The van der Waals surface area contributed by atoms with Gasteiger partial charge in [-0.1, -0.05) is 186 Å². The van der Waals surface area contributed by atoms with E-state index in [4.69, 9.17) is 4.52 Å². The second-order valence-electron chi connectivity index (χ2n) is 15.1. The van der Waals surface area contributed by atoms with E-state index in [0.29, 0.717) is 18.6 Å². The lowest BCUT2D eigenvalue weighted by atomic mass is 10.0. The Bertz CT molecular complexity index is 615. The average molecular weight is 653 g/mol. The maximum atomic E-state index is 11.9. The van der Waals surface area contributed by atoms with E-state index in [2.05, 4.69) is 40.2 Å². The van der Waals surface area contributed by atoms with Crippen LogP contribution in [-0.2, 0) is 9.32 Å². The van der Waals surface area contributed by atoms with E-state index >= 15 is 0 Å². The molecule has 0 spiro atoms. The molecule has 0 radical (unpaired) electrons. The highest BCUT2D eigenvalue weighted by Crippen LogP contribution is 2.19. The van der Waals surface area contributed by atoms with Crippen LogP contribution >= 0.6 is 8.81 Å². The first-order valence-electron chi connectivity index (χ1n) is 20.3. The first-order chi connectivity index (χ1) is 22.0. The van der Waals surface area contributed by atoms with Crippen LogP contribution in [-0.4, -0.2) is 44.3 Å². The monoisotopic (exact) mass is 653 g/mol. The van der Waals surface area contributed by atoms with Gasteiger partial charge in [-0.3, -0.25) is 4.79 Å². The Morgan fingerprint density at radius 3 is 1.13 bits per heavy atom. The minimum absolute atomic E-state index is 0.0431. The molecule has 268 valence electrons. The number of hydrogen-bond donors (Lipinski definition) is 0. The number of unbranched alkanes of at least 4 members (excludes halogenated alkanes) is 29. The molecule has 45 heavy (non-hydrogen) atoms. The first-order valence-corrected chi connectivity index (χ1v) is 21.2. The lowest BCUT2D eigenvalue weighted by Gasteiger charge is -2.23. The number of carbonyl (C=O) groups excluding carboxylic acids is 1. The normalized spacial score (nSPS) is 12.4. The molecule has 4 heteroatoms. The summed E-state index contributed by atoms with van der Waals surface area (Å²) in [5.74, 6) is 0. The van der Waals surface area contributed by atoms with Gasteiger partial charge in [-0.25, -0.2) is 0 Å². The van der Waals surface area contributed by atoms with E-state index in [9.17, 15) is 4.79 Å². The molecule has 0 aromatic carbocycles. The van der Waals surface area contributed by atoms with Gasteiger partial charge in [0.05, 0.1) is 30.0 Å². The predicted molar refractivity (Wildman–Crippen MR) is 205 cm³/mol. The van der Waals surface area contributed by atoms with Crippen molar-refractivity contribution in [2.75, 3.05) is 34.3 Å². The molecule has 0 fully saturated rings. The molecular formula is C41H83NO2P+. The van der Waals surface area contributed by atoms with Crippen LogP contribution < -0.4 is 0 Å². The van der Waals surface area contributed by atoms with Gasteiger partial charge in [0.25, 0.3) is 0 Å². The van der Waals surface area contributed by atoms with Gasteiger partial charge in [-0.05, 0) is 32.1 Å². The molecule has 0 aliphatic carbocycles. The number of likely N-dealkylation sites (N-methyl/N-ethyl adjacent to an activating group) is 1. The molecule has 0 aliphatic rings. The fraction of sp³-hybridized carbons (Fsp3) is 0.927. The highest BCUT2D eigenvalue weighted by molar-refractivity contribution is 7.53. The van der Waals surface area contributed by atoms with E-state index in [1.165, 1.54) is 193 Å². The fourth-order valence-corrected chi connectivity index (χ4v) is 6.67. The van der Waals surface area contributed by atoms with E-state index in [-0.39, 0.29) is 8.81 Å². The van der Waals surface area contributed by atoms with Crippen molar-refractivity contribution in [1.29, 1.82) is 0 Å². The SMILES string of the molecule is CCCCCCCCCCCCCCCCCCCCCCCCCCC=CCCCCCCCC(=O)POCC[N+](C)(C)C. The zero-order valence-electron chi connectivity index (χ0n) is 31.5. The number of allylic oxidation sites excluding steroid dienone is 2. The summed E-state index contributed by atoms with van der Waals surface area (Å²) >= 11 is 0. The van der Waals surface area contributed by atoms with Crippen LogP contribution in [0.1, 0.15) is 212 Å².